The van der Waals surface area contributed by atoms with E-state index in [1.54, 1.807) is 48.5 Å². The number of aryl methyl sites for hydroxylation is 1. The number of hydrogen-bond donors (Lipinski definition) is 0. The zero-order chi connectivity index (χ0) is 20.0. The van der Waals surface area contributed by atoms with Crippen molar-refractivity contribution in [3.63, 3.8) is 0 Å². The molecule has 0 fully saturated rings. The highest BCUT2D eigenvalue weighted by Gasteiger charge is 2.20. The minimum atomic E-state index is -3.86. The van der Waals surface area contributed by atoms with Gasteiger partial charge < -0.3 is 4.74 Å². The lowest BCUT2D eigenvalue weighted by atomic mass is 10.1. The number of nitrogens with zero attached hydrogens (tertiary/aromatic N) is 1. The van der Waals surface area contributed by atoms with Crippen molar-refractivity contribution in [2.24, 2.45) is 0 Å². The van der Waals surface area contributed by atoms with E-state index in [0.29, 0.717) is 17.9 Å². The van der Waals surface area contributed by atoms with Crippen LogP contribution in [-0.4, -0.2) is 8.42 Å². The Kier molecular flexibility index (Phi) is 5.93. The van der Waals surface area contributed by atoms with Crippen LogP contribution in [0.4, 0.5) is 0 Å². The average molecular weight is 389 g/mol. The first-order valence-electron chi connectivity index (χ1n) is 8.69. The zero-order valence-corrected chi connectivity index (χ0v) is 16.2. The van der Waals surface area contributed by atoms with Crippen molar-refractivity contribution in [1.29, 1.82) is 5.26 Å². The molecule has 28 heavy (non-hydrogen) atoms. The first-order chi connectivity index (χ1) is 13.5. The second kappa shape index (κ2) is 8.55. The summed E-state index contributed by atoms with van der Waals surface area (Å²) < 4.78 is 31.1. The van der Waals surface area contributed by atoms with Gasteiger partial charge in [0.2, 0.25) is 9.84 Å². The number of allylic oxidation sites excluding steroid dienone is 1. The van der Waals surface area contributed by atoms with Gasteiger partial charge in [-0.25, -0.2) is 8.42 Å². The van der Waals surface area contributed by atoms with Crippen LogP contribution in [-0.2, 0) is 16.4 Å². The van der Waals surface area contributed by atoms with Crippen molar-refractivity contribution in [3.05, 3.63) is 100 Å². The van der Waals surface area contributed by atoms with Crippen LogP contribution in [0.2, 0.25) is 0 Å². The molecule has 0 aliphatic carbocycles. The number of benzene rings is 3. The van der Waals surface area contributed by atoms with E-state index < -0.39 is 9.84 Å². The Labute approximate surface area is 165 Å². The van der Waals surface area contributed by atoms with Gasteiger partial charge in [-0.15, -0.1) is 0 Å². The Hall–Kier alpha value is -3.36. The molecule has 0 aromatic heterocycles. The summed E-state index contributed by atoms with van der Waals surface area (Å²) in [7, 11) is -3.86. The average Bonchev–Trinajstić information content (AvgIpc) is 2.72. The molecular weight excluding hydrogens is 370 g/mol. The summed E-state index contributed by atoms with van der Waals surface area (Å²) in [5.41, 5.74) is 2.80. The minimum Gasteiger partial charge on any atom is -0.489 e. The maximum absolute atomic E-state index is 12.7. The van der Waals surface area contributed by atoms with Crippen LogP contribution in [0.3, 0.4) is 0 Å². The van der Waals surface area contributed by atoms with Crippen LogP contribution in [0, 0.1) is 18.3 Å². The van der Waals surface area contributed by atoms with Crippen molar-refractivity contribution < 1.29 is 13.2 Å². The Morgan fingerprint density at radius 2 is 1.71 bits per heavy atom. The molecule has 0 saturated heterocycles. The Morgan fingerprint density at radius 3 is 2.39 bits per heavy atom. The summed E-state index contributed by atoms with van der Waals surface area (Å²) in [6.07, 6.45) is 1.36. The molecule has 0 atom stereocenters. The smallest absolute Gasteiger partial charge is 0.216 e. The minimum absolute atomic E-state index is 0.0922. The number of rotatable bonds is 6. The van der Waals surface area contributed by atoms with E-state index >= 15 is 0 Å². The highest BCUT2D eigenvalue weighted by molar-refractivity contribution is 7.95. The van der Waals surface area contributed by atoms with E-state index in [-0.39, 0.29) is 9.80 Å². The van der Waals surface area contributed by atoms with E-state index in [4.69, 9.17) is 4.74 Å². The third kappa shape index (κ3) is 4.67. The van der Waals surface area contributed by atoms with Crippen molar-refractivity contribution in [2.75, 3.05) is 0 Å². The van der Waals surface area contributed by atoms with Gasteiger partial charge in [-0.05, 0) is 48.4 Å². The number of sulfone groups is 1. The molecule has 3 aromatic rings. The molecule has 0 aliphatic heterocycles. The Bertz CT molecular complexity index is 1130. The molecule has 0 saturated carbocycles. The highest BCUT2D eigenvalue weighted by Crippen LogP contribution is 2.23. The van der Waals surface area contributed by atoms with Gasteiger partial charge in [-0.2, -0.15) is 5.26 Å². The lowest BCUT2D eigenvalue weighted by Gasteiger charge is -2.08. The Morgan fingerprint density at radius 1 is 1.00 bits per heavy atom. The van der Waals surface area contributed by atoms with E-state index in [9.17, 15) is 13.7 Å². The largest absolute Gasteiger partial charge is 0.489 e. The van der Waals surface area contributed by atoms with Crippen molar-refractivity contribution in [1.82, 2.24) is 0 Å². The molecule has 3 rings (SSSR count). The molecule has 3 aromatic carbocycles. The van der Waals surface area contributed by atoms with E-state index in [0.717, 1.165) is 5.56 Å². The van der Waals surface area contributed by atoms with Crippen LogP contribution in [0.1, 0.15) is 16.7 Å². The predicted octanol–water partition coefficient (Wildman–Crippen LogP) is 4.91. The molecule has 0 bridgehead atoms. The second-order valence-electron chi connectivity index (χ2n) is 6.28. The SMILES string of the molecule is Cc1ccc(COc2cccc(/C=C(/C#N)S(=O)(=O)c3ccccc3)c2)cc1. The molecule has 4 nitrogen and oxygen atoms in total. The summed E-state index contributed by atoms with van der Waals surface area (Å²) in [6, 6.07) is 24.8. The second-order valence-corrected chi connectivity index (χ2v) is 8.20. The first-order valence-corrected chi connectivity index (χ1v) is 10.2. The molecule has 0 amide bonds. The highest BCUT2D eigenvalue weighted by atomic mass is 32.2. The van der Waals surface area contributed by atoms with Crippen LogP contribution >= 0.6 is 0 Å². The zero-order valence-electron chi connectivity index (χ0n) is 15.4. The van der Waals surface area contributed by atoms with E-state index in [1.807, 2.05) is 31.2 Å². The third-order valence-corrected chi connectivity index (χ3v) is 5.82. The number of ether oxygens (including phenoxy) is 1. The van der Waals surface area contributed by atoms with Gasteiger partial charge in [0.15, 0.2) is 0 Å². The summed E-state index contributed by atoms with van der Waals surface area (Å²) in [5, 5.41) is 9.40. The van der Waals surface area contributed by atoms with Gasteiger partial charge in [-0.1, -0.05) is 60.2 Å². The summed E-state index contributed by atoms with van der Waals surface area (Å²) >= 11 is 0. The van der Waals surface area contributed by atoms with Gasteiger partial charge in [-0.3, -0.25) is 0 Å². The van der Waals surface area contributed by atoms with Crippen LogP contribution in [0.15, 0.2) is 88.7 Å². The summed E-state index contributed by atoms with van der Waals surface area (Å²) in [6.45, 7) is 2.43. The molecule has 140 valence electrons. The molecule has 0 aliphatic rings. The van der Waals surface area contributed by atoms with Gasteiger partial charge in [0.1, 0.15) is 23.3 Å². The molecule has 0 N–H and O–H groups in total. The number of nitriles is 1. The van der Waals surface area contributed by atoms with E-state index in [1.165, 1.54) is 23.8 Å². The maximum atomic E-state index is 12.7. The number of hydrogen-bond acceptors (Lipinski definition) is 4. The molecular formula is C23H19NO3S. The maximum Gasteiger partial charge on any atom is 0.216 e. The molecule has 0 unspecified atom stereocenters. The monoisotopic (exact) mass is 389 g/mol. The van der Waals surface area contributed by atoms with E-state index in [2.05, 4.69) is 0 Å². The fourth-order valence-corrected chi connectivity index (χ4v) is 3.77. The van der Waals surface area contributed by atoms with Crippen molar-refractivity contribution >= 4 is 15.9 Å². The van der Waals surface area contributed by atoms with Crippen molar-refractivity contribution in [3.8, 4) is 11.8 Å². The third-order valence-electron chi connectivity index (χ3n) is 4.14. The molecule has 0 radical (unpaired) electrons. The quantitative estimate of drug-likeness (QED) is 0.562. The van der Waals surface area contributed by atoms with Crippen LogP contribution in [0.25, 0.3) is 6.08 Å². The van der Waals surface area contributed by atoms with Crippen LogP contribution in [0.5, 0.6) is 5.75 Å². The molecule has 5 heteroatoms. The lowest BCUT2D eigenvalue weighted by molar-refractivity contribution is 0.306. The van der Waals surface area contributed by atoms with Gasteiger partial charge in [0, 0.05) is 0 Å². The predicted molar refractivity (Wildman–Crippen MR) is 109 cm³/mol. The lowest BCUT2D eigenvalue weighted by Crippen LogP contribution is -2.03. The van der Waals surface area contributed by atoms with Gasteiger partial charge in [0.05, 0.1) is 4.90 Å². The Balaban J connectivity index is 1.82. The summed E-state index contributed by atoms with van der Waals surface area (Å²) in [5.74, 6) is 0.601. The topological polar surface area (TPSA) is 67.2 Å². The van der Waals surface area contributed by atoms with Crippen LogP contribution < -0.4 is 4.74 Å². The van der Waals surface area contributed by atoms with Crippen molar-refractivity contribution in [2.45, 2.75) is 18.4 Å². The molecule has 0 spiro atoms. The standard InChI is InChI=1S/C23H19NO3S/c1-18-10-12-19(13-11-18)17-27-21-7-5-6-20(14-21)15-23(16-24)28(25,26)22-8-3-2-4-9-22/h2-15H,17H2,1H3/b23-15-. The first kappa shape index (κ1) is 19.4. The molecule has 0 heterocycles. The fourth-order valence-electron chi connectivity index (χ4n) is 2.59. The summed E-state index contributed by atoms with van der Waals surface area (Å²) in [4.78, 5) is -0.219. The van der Waals surface area contributed by atoms with Gasteiger partial charge in [0.25, 0.3) is 0 Å². The fraction of sp³-hybridized carbons (Fsp3) is 0.0870. The van der Waals surface area contributed by atoms with Gasteiger partial charge >= 0.3 is 0 Å². The normalized spacial score (nSPS) is 11.6.